The summed E-state index contributed by atoms with van der Waals surface area (Å²) in [6.07, 6.45) is 4.75. The van der Waals surface area contributed by atoms with Gasteiger partial charge in [-0.05, 0) is 54.9 Å². The van der Waals surface area contributed by atoms with E-state index < -0.39 is 0 Å². The molecule has 0 saturated carbocycles. The summed E-state index contributed by atoms with van der Waals surface area (Å²) >= 11 is 7.13. The first-order chi connectivity index (χ1) is 10.3. The highest BCUT2D eigenvalue weighted by Crippen LogP contribution is 2.36. The van der Waals surface area contributed by atoms with E-state index in [9.17, 15) is 0 Å². The third-order valence-corrected chi connectivity index (χ3v) is 5.90. The van der Waals surface area contributed by atoms with E-state index in [1.807, 2.05) is 0 Å². The second-order valence-electron chi connectivity index (χ2n) is 5.98. The Balaban J connectivity index is 1.41. The number of fused-ring (bicyclic) bond motifs is 3. The van der Waals surface area contributed by atoms with Gasteiger partial charge in [-0.15, -0.1) is 17.9 Å². The van der Waals surface area contributed by atoms with Gasteiger partial charge in [0.25, 0.3) is 0 Å². The summed E-state index contributed by atoms with van der Waals surface area (Å²) in [5.41, 5.74) is 0. The van der Waals surface area contributed by atoms with Crippen molar-refractivity contribution in [3.63, 3.8) is 0 Å². The van der Waals surface area contributed by atoms with E-state index in [1.54, 1.807) is 11.3 Å². The highest BCUT2D eigenvalue weighted by molar-refractivity contribution is 7.80. The maximum absolute atomic E-state index is 5.38. The van der Waals surface area contributed by atoms with Crippen molar-refractivity contribution in [1.29, 1.82) is 0 Å². The fourth-order valence-corrected chi connectivity index (χ4v) is 4.31. The molecule has 4 heterocycles. The molecule has 0 aliphatic carbocycles. The number of thiocarbonyl (C=S) groups is 1. The van der Waals surface area contributed by atoms with Crippen LogP contribution < -0.4 is 10.6 Å². The van der Waals surface area contributed by atoms with Crippen LogP contribution in [-0.4, -0.2) is 35.7 Å². The Morgan fingerprint density at radius 3 is 3.10 bits per heavy atom. The fraction of sp³-hybridized carbons (Fsp3) is 0.562. The number of thiophene rings is 1. The summed E-state index contributed by atoms with van der Waals surface area (Å²) in [5, 5.41) is 9.54. The van der Waals surface area contributed by atoms with Crippen LogP contribution in [0.5, 0.6) is 0 Å². The monoisotopic (exact) mass is 321 g/mol. The SMILES string of the molecule is C=C[C@H]1CN2CC[C@H]1C[C@@H]2CNC(=S)NCc1cccs1. The number of hydrogen-bond donors (Lipinski definition) is 2. The maximum atomic E-state index is 5.38. The predicted molar refractivity (Wildman–Crippen MR) is 93.5 cm³/mol. The summed E-state index contributed by atoms with van der Waals surface area (Å²) in [5.74, 6) is 1.52. The Morgan fingerprint density at radius 1 is 1.52 bits per heavy atom. The van der Waals surface area contributed by atoms with Crippen LogP contribution in [0.2, 0.25) is 0 Å². The lowest BCUT2D eigenvalue weighted by atomic mass is 9.76. The van der Waals surface area contributed by atoms with Gasteiger partial charge < -0.3 is 10.6 Å². The molecule has 0 amide bonds. The molecule has 21 heavy (non-hydrogen) atoms. The molecule has 3 aliphatic rings. The molecule has 5 heteroatoms. The number of nitrogens with one attached hydrogen (secondary N) is 2. The van der Waals surface area contributed by atoms with Crippen molar-refractivity contribution in [3.05, 3.63) is 35.0 Å². The van der Waals surface area contributed by atoms with Gasteiger partial charge in [-0.2, -0.15) is 0 Å². The molecule has 0 spiro atoms. The second kappa shape index (κ2) is 6.90. The number of nitrogens with zero attached hydrogens (tertiary/aromatic N) is 1. The topological polar surface area (TPSA) is 27.3 Å². The number of rotatable bonds is 5. The summed E-state index contributed by atoms with van der Waals surface area (Å²) in [7, 11) is 0. The van der Waals surface area contributed by atoms with Crippen molar-refractivity contribution in [2.75, 3.05) is 19.6 Å². The lowest BCUT2D eigenvalue weighted by molar-refractivity contribution is 0.0215. The van der Waals surface area contributed by atoms with Crippen LogP contribution >= 0.6 is 23.6 Å². The first-order valence-electron chi connectivity index (χ1n) is 7.67. The van der Waals surface area contributed by atoms with E-state index in [0.717, 1.165) is 24.1 Å². The summed E-state index contributed by atoms with van der Waals surface area (Å²) in [4.78, 5) is 3.91. The van der Waals surface area contributed by atoms with Crippen LogP contribution in [0.1, 0.15) is 17.7 Å². The molecule has 3 saturated heterocycles. The molecule has 114 valence electrons. The number of hydrogen-bond acceptors (Lipinski definition) is 3. The Hall–Kier alpha value is -0.910. The van der Waals surface area contributed by atoms with Crippen molar-refractivity contribution in [2.24, 2.45) is 11.8 Å². The zero-order valence-corrected chi connectivity index (χ0v) is 13.9. The van der Waals surface area contributed by atoms with Gasteiger partial charge in [0.1, 0.15) is 0 Å². The van der Waals surface area contributed by atoms with Gasteiger partial charge in [0.15, 0.2) is 5.11 Å². The maximum Gasteiger partial charge on any atom is 0.166 e. The number of piperidine rings is 3. The Labute approximate surface area is 136 Å². The normalized spacial score (nSPS) is 30.9. The molecule has 1 unspecified atom stereocenters. The molecular weight excluding hydrogens is 298 g/mol. The van der Waals surface area contributed by atoms with Crippen molar-refractivity contribution in [1.82, 2.24) is 15.5 Å². The Morgan fingerprint density at radius 2 is 2.43 bits per heavy atom. The van der Waals surface area contributed by atoms with Crippen LogP contribution in [0.25, 0.3) is 0 Å². The quantitative estimate of drug-likeness (QED) is 0.644. The minimum Gasteiger partial charge on any atom is -0.361 e. The molecule has 1 aromatic rings. The van der Waals surface area contributed by atoms with Gasteiger partial charge in [0, 0.05) is 24.0 Å². The third-order valence-electron chi connectivity index (χ3n) is 4.73. The Kier molecular flexibility index (Phi) is 4.93. The molecule has 2 bridgehead atoms. The van der Waals surface area contributed by atoms with E-state index in [1.165, 1.54) is 30.8 Å². The highest BCUT2D eigenvalue weighted by Gasteiger charge is 2.38. The first-order valence-corrected chi connectivity index (χ1v) is 8.95. The molecule has 1 aromatic heterocycles. The molecular formula is C16H23N3S2. The highest BCUT2D eigenvalue weighted by atomic mass is 32.1. The van der Waals surface area contributed by atoms with E-state index in [4.69, 9.17) is 12.2 Å². The van der Waals surface area contributed by atoms with Crippen LogP contribution in [0.15, 0.2) is 30.2 Å². The van der Waals surface area contributed by atoms with Gasteiger partial charge in [-0.25, -0.2) is 0 Å². The van der Waals surface area contributed by atoms with Crippen molar-refractivity contribution in [3.8, 4) is 0 Å². The summed E-state index contributed by atoms with van der Waals surface area (Å²) in [6, 6.07) is 4.82. The lowest BCUT2D eigenvalue weighted by Crippen LogP contribution is -2.56. The molecule has 0 radical (unpaired) electrons. The molecule has 4 rings (SSSR count). The Bertz CT molecular complexity index is 486. The minimum absolute atomic E-state index is 0.626. The van der Waals surface area contributed by atoms with Crippen molar-refractivity contribution in [2.45, 2.75) is 25.4 Å². The molecule has 0 aromatic carbocycles. The van der Waals surface area contributed by atoms with Crippen LogP contribution in [-0.2, 0) is 6.54 Å². The van der Waals surface area contributed by atoms with Gasteiger partial charge in [0.05, 0.1) is 6.54 Å². The van der Waals surface area contributed by atoms with Crippen LogP contribution in [0.4, 0.5) is 0 Å². The minimum atomic E-state index is 0.626. The molecule has 3 fully saturated rings. The van der Waals surface area contributed by atoms with Gasteiger partial charge >= 0.3 is 0 Å². The average molecular weight is 322 g/mol. The second-order valence-corrected chi connectivity index (χ2v) is 7.42. The summed E-state index contributed by atoms with van der Waals surface area (Å²) in [6.45, 7) is 8.16. The standard InChI is InChI=1S/C16H23N3S2/c1-2-12-11-19-6-5-13(12)8-14(19)9-17-16(20)18-10-15-4-3-7-21-15/h2-4,7,12-14H,1,5-6,8-11H2,(H2,17,18,20)/t12-,13-,14+/m0/s1. The van der Waals surface area contributed by atoms with Crippen molar-refractivity contribution < 1.29 is 0 Å². The third kappa shape index (κ3) is 3.65. The largest absolute Gasteiger partial charge is 0.361 e. The van der Waals surface area contributed by atoms with Gasteiger partial charge in [-0.1, -0.05) is 12.1 Å². The van der Waals surface area contributed by atoms with E-state index in [-0.39, 0.29) is 0 Å². The van der Waals surface area contributed by atoms with E-state index in [0.29, 0.717) is 12.0 Å². The van der Waals surface area contributed by atoms with Crippen LogP contribution in [0, 0.1) is 11.8 Å². The first kappa shape index (κ1) is 15.0. The van der Waals surface area contributed by atoms with Crippen molar-refractivity contribution >= 4 is 28.7 Å². The zero-order valence-electron chi connectivity index (χ0n) is 12.3. The molecule has 3 aliphatic heterocycles. The van der Waals surface area contributed by atoms with Crippen LogP contribution in [0.3, 0.4) is 0 Å². The molecule has 4 atom stereocenters. The van der Waals surface area contributed by atoms with Gasteiger partial charge in [0.2, 0.25) is 0 Å². The van der Waals surface area contributed by atoms with E-state index in [2.05, 4.69) is 45.7 Å². The predicted octanol–water partition coefficient (Wildman–Crippen LogP) is 2.61. The molecule has 3 nitrogen and oxygen atoms in total. The lowest BCUT2D eigenvalue weighted by Gasteiger charge is -2.49. The average Bonchev–Trinajstić information content (AvgIpc) is 3.04. The molecule has 2 N–H and O–H groups in total. The summed E-state index contributed by atoms with van der Waals surface area (Å²) < 4.78 is 0. The zero-order chi connectivity index (χ0) is 14.7. The van der Waals surface area contributed by atoms with E-state index >= 15 is 0 Å². The fourth-order valence-electron chi connectivity index (χ4n) is 3.51. The smallest absolute Gasteiger partial charge is 0.166 e. The van der Waals surface area contributed by atoms with Gasteiger partial charge in [-0.3, -0.25) is 4.90 Å².